The number of carbonyl (C=O) groups excluding carboxylic acids is 3. The van der Waals surface area contributed by atoms with Gasteiger partial charge in [-0.05, 0) is 93.2 Å². The Morgan fingerprint density at radius 3 is 2.67 bits per heavy atom. The van der Waals surface area contributed by atoms with Crippen molar-refractivity contribution in [3.8, 4) is 0 Å². The largest absolute Gasteiger partial charge is 0.459 e. The van der Waals surface area contributed by atoms with Crippen molar-refractivity contribution < 1.29 is 34.1 Å². The van der Waals surface area contributed by atoms with Crippen LogP contribution in [0.15, 0.2) is 77.5 Å². The Morgan fingerprint density at radius 2 is 1.96 bits per heavy atom. The van der Waals surface area contributed by atoms with E-state index < -0.39 is 34.8 Å². The number of Topliss-reactive ketones (excluding diaryl/α,β-unsaturated/α-hetero) is 2. The normalized spacial score (nSPS) is 28.1. The minimum Gasteiger partial charge on any atom is -0.459 e. The monoisotopic (exact) mass is 669 g/mol. The van der Waals surface area contributed by atoms with Gasteiger partial charge in [0.2, 0.25) is 5.78 Å². The molecule has 10 heteroatoms. The number of hydrogen-bond donors (Lipinski definition) is 4. The smallest absolute Gasteiger partial charge is 0.350 e. The number of aryl methyl sites for hydroxylation is 1. The molecule has 10 nitrogen and oxygen atoms in total. The number of aliphatic hydroxyl groups is 2. The second-order valence-electron chi connectivity index (χ2n) is 13.8. The van der Waals surface area contributed by atoms with Crippen LogP contribution < -0.4 is 11.1 Å². The van der Waals surface area contributed by atoms with E-state index in [-0.39, 0.29) is 42.7 Å². The fraction of sp³-hybridized carbons (Fsp3) is 0.487. The Balaban J connectivity index is 1.33. The van der Waals surface area contributed by atoms with Crippen LogP contribution in [0, 0.1) is 11.8 Å². The number of allylic oxidation sites excluding steroid dienone is 4. The van der Waals surface area contributed by atoms with Gasteiger partial charge in [-0.15, -0.1) is 0 Å². The average molecular weight is 670 g/mol. The summed E-state index contributed by atoms with van der Waals surface area (Å²) in [5, 5.41) is 23.9. The molecule has 0 unspecified atom stereocenters. The number of likely N-dealkylation sites (N-methyl/N-ethyl adjacent to an activating group) is 1. The lowest BCUT2D eigenvalue weighted by atomic mass is 9.70. The number of ketones is 2. The summed E-state index contributed by atoms with van der Waals surface area (Å²) in [6, 6.07) is 10.0. The molecule has 0 bridgehead atoms. The van der Waals surface area contributed by atoms with Crippen LogP contribution in [0.25, 0.3) is 0 Å². The van der Waals surface area contributed by atoms with Crippen LogP contribution in [0.2, 0.25) is 0 Å². The summed E-state index contributed by atoms with van der Waals surface area (Å²) in [6.45, 7) is 4.16. The van der Waals surface area contributed by atoms with Crippen LogP contribution >= 0.6 is 0 Å². The molecular formula is C39H47N3O7. The molecule has 0 amide bonds. The maximum Gasteiger partial charge on any atom is 0.350 e. The van der Waals surface area contributed by atoms with Gasteiger partial charge in [0.05, 0.1) is 6.61 Å². The van der Waals surface area contributed by atoms with E-state index in [1.54, 1.807) is 36.5 Å². The fourth-order valence-electron chi connectivity index (χ4n) is 8.07. The number of hydrogen-bond acceptors (Lipinski definition) is 10. The van der Waals surface area contributed by atoms with Crippen molar-refractivity contribution in [3.05, 3.63) is 94.2 Å². The zero-order chi connectivity index (χ0) is 34.8. The van der Waals surface area contributed by atoms with Gasteiger partial charge in [0, 0.05) is 42.3 Å². The van der Waals surface area contributed by atoms with Crippen molar-refractivity contribution in [2.75, 3.05) is 25.5 Å². The highest BCUT2D eigenvalue weighted by Gasteiger charge is 2.85. The number of epoxide rings is 1. The van der Waals surface area contributed by atoms with E-state index in [2.05, 4.69) is 28.5 Å². The Kier molecular flexibility index (Phi) is 10.3. The summed E-state index contributed by atoms with van der Waals surface area (Å²) in [7, 11) is 0. The molecule has 0 spiro atoms. The molecule has 0 saturated carbocycles. The SMILES string of the molecule is CCN[C@@H]1C=C2C=CCC[C@H]2C[C@H]1[C@H](CCCO)OC(=O)[C@]12O[C@@]1(C/C(CO)=C(\C)CCc1ccnc(N)c1)C(=O)c1ccccc1C2=O. The van der Waals surface area contributed by atoms with Gasteiger partial charge in [-0.1, -0.05) is 55.0 Å². The number of nitrogens with zero attached hydrogens (tertiary/aromatic N) is 1. The second-order valence-corrected chi connectivity index (χ2v) is 13.8. The zero-order valence-electron chi connectivity index (χ0n) is 28.3. The summed E-state index contributed by atoms with van der Waals surface area (Å²) in [5.74, 6) is -1.35. The predicted molar refractivity (Wildman–Crippen MR) is 185 cm³/mol. The third-order valence-electron chi connectivity index (χ3n) is 10.8. The summed E-state index contributed by atoms with van der Waals surface area (Å²) in [5.41, 5.74) is 5.75. The minimum atomic E-state index is -2.17. The zero-order valence-corrected chi connectivity index (χ0v) is 28.3. The number of nitrogens with two attached hydrogens (primary N) is 1. The molecule has 1 aromatic heterocycles. The number of carbonyl (C=O) groups is 3. The predicted octanol–water partition coefficient (Wildman–Crippen LogP) is 4.46. The number of ether oxygens (including phenoxy) is 2. The van der Waals surface area contributed by atoms with Gasteiger partial charge in [0.15, 0.2) is 11.4 Å². The van der Waals surface area contributed by atoms with Gasteiger partial charge in [-0.25, -0.2) is 9.78 Å². The molecule has 1 fully saturated rings. The van der Waals surface area contributed by atoms with Crippen LogP contribution in [-0.2, 0) is 20.7 Å². The number of nitrogens with one attached hydrogen (secondary N) is 1. The number of anilines is 1. The Hall–Kier alpha value is -3.96. The van der Waals surface area contributed by atoms with E-state index in [0.29, 0.717) is 49.5 Å². The maximum absolute atomic E-state index is 14.6. The first-order valence-corrected chi connectivity index (χ1v) is 17.5. The molecule has 6 atom stereocenters. The van der Waals surface area contributed by atoms with Gasteiger partial charge in [-0.2, -0.15) is 0 Å². The van der Waals surface area contributed by atoms with Crippen LogP contribution in [0.4, 0.5) is 5.82 Å². The number of esters is 1. The number of fused-ring (bicyclic) bond motifs is 3. The average Bonchev–Trinajstić information content (AvgIpc) is 3.82. The lowest BCUT2D eigenvalue weighted by Gasteiger charge is -2.40. The highest BCUT2D eigenvalue weighted by Crippen LogP contribution is 2.59. The number of pyridine rings is 1. The van der Waals surface area contributed by atoms with Crippen molar-refractivity contribution in [3.63, 3.8) is 0 Å². The lowest BCUT2D eigenvalue weighted by Crippen LogP contribution is -2.53. The number of rotatable bonds is 14. The molecule has 2 aromatic rings. The maximum atomic E-state index is 14.6. The molecule has 1 aliphatic heterocycles. The molecular weight excluding hydrogens is 622 g/mol. The van der Waals surface area contributed by atoms with Crippen molar-refractivity contribution in [1.82, 2.24) is 10.3 Å². The Bertz CT molecular complexity index is 1700. The van der Waals surface area contributed by atoms with E-state index in [0.717, 1.165) is 30.4 Å². The first kappa shape index (κ1) is 34.9. The molecule has 4 aliphatic rings. The third kappa shape index (κ3) is 6.43. The quantitative estimate of drug-likeness (QED) is 0.0978. The summed E-state index contributed by atoms with van der Waals surface area (Å²) in [4.78, 5) is 47.2. The lowest BCUT2D eigenvalue weighted by molar-refractivity contribution is -0.158. The van der Waals surface area contributed by atoms with Crippen LogP contribution in [0.3, 0.4) is 0 Å². The van der Waals surface area contributed by atoms with Gasteiger partial charge in [0.25, 0.3) is 5.60 Å². The van der Waals surface area contributed by atoms with Crippen molar-refractivity contribution in [2.45, 2.75) is 88.6 Å². The van der Waals surface area contributed by atoms with E-state index in [1.165, 1.54) is 5.57 Å². The van der Waals surface area contributed by atoms with Gasteiger partial charge >= 0.3 is 5.97 Å². The van der Waals surface area contributed by atoms with Gasteiger partial charge in [-0.3, -0.25) is 9.59 Å². The molecule has 2 heterocycles. The molecule has 1 saturated heterocycles. The van der Waals surface area contributed by atoms with Crippen LogP contribution in [0.5, 0.6) is 0 Å². The number of aromatic nitrogens is 1. The van der Waals surface area contributed by atoms with E-state index in [4.69, 9.17) is 15.2 Å². The topological polar surface area (TPSA) is 164 Å². The van der Waals surface area contributed by atoms with Crippen LogP contribution in [0.1, 0.15) is 85.1 Å². The Labute approximate surface area is 287 Å². The highest BCUT2D eigenvalue weighted by molar-refractivity contribution is 6.33. The van der Waals surface area contributed by atoms with Gasteiger partial charge in [0.1, 0.15) is 11.9 Å². The first-order chi connectivity index (χ1) is 23.7. The molecule has 1 aromatic carbocycles. The number of aliphatic hydroxyl groups excluding tert-OH is 2. The molecule has 3 aliphatic carbocycles. The summed E-state index contributed by atoms with van der Waals surface area (Å²) < 4.78 is 12.6. The second kappa shape index (κ2) is 14.5. The van der Waals surface area contributed by atoms with Crippen molar-refractivity contribution >= 4 is 23.4 Å². The summed E-state index contributed by atoms with van der Waals surface area (Å²) in [6.07, 6.45) is 12.2. The Morgan fingerprint density at radius 1 is 1.18 bits per heavy atom. The third-order valence-corrected chi connectivity index (χ3v) is 10.8. The standard InChI is InChI=1S/C39H47N3O7/c1-3-41-32-21-27-10-5-4-9-26(27)20-31(32)33(13-8-18-43)48-37(47)39-36(46)30-12-7-6-11-29(30)35(45)38(39,49-39)22-28(23-44)24(2)14-15-25-16-17-42-34(40)19-25/h5-7,10-12,16-17,19,21,26,31-33,41,43-44H,3-4,8-9,13-15,18,20,22-23H2,1-2H3,(H2,40,42)/b28-24-/t26-,31+,32+,33-,38-,39-/m0/s1. The molecule has 5 N–H and O–H groups in total. The molecule has 6 rings (SSSR count). The van der Waals surface area contributed by atoms with E-state index >= 15 is 0 Å². The molecule has 49 heavy (non-hydrogen) atoms. The minimum absolute atomic E-state index is 0.0771. The molecule has 0 radical (unpaired) electrons. The molecule has 260 valence electrons. The number of nitrogen functional groups attached to an aromatic ring is 1. The first-order valence-electron chi connectivity index (χ1n) is 17.5. The van der Waals surface area contributed by atoms with Crippen molar-refractivity contribution in [2.24, 2.45) is 11.8 Å². The number of benzene rings is 1. The van der Waals surface area contributed by atoms with Crippen molar-refractivity contribution in [1.29, 1.82) is 0 Å². The van der Waals surface area contributed by atoms with E-state index in [9.17, 15) is 24.6 Å². The van der Waals surface area contributed by atoms with Gasteiger partial charge < -0.3 is 30.7 Å². The fourth-order valence-corrected chi connectivity index (χ4v) is 8.07. The highest BCUT2D eigenvalue weighted by atomic mass is 16.7. The van der Waals surface area contributed by atoms with E-state index in [1.807, 2.05) is 19.9 Å². The summed E-state index contributed by atoms with van der Waals surface area (Å²) >= 11 is 0. The van der Waals surface area contributed by atoms with Crippen LogP contribution in [-0.4, -0.2) is 75.8 Å².